The predicted octanol–water partition coefficient (Wildman–Crippen LogP) is 8.09. The molecule has 0 aliphatic carbocycles. The highest BCUT2D eigenvalue weighted by Gasteiger charge is 2.45. The van der Waals surface area contributed by atoms with Crippen molar-refractivity contribution in [2.45, 2.75) is 206 Å². The van der Waals surface area contributed by atoms with Crippen LogP contribution in [0.2, 0.25) is 0 Å². The van der Waals surface area contributed by atoms with Crippen LogP contribution in [-0.2, 0) is 70.4 Å². The zero-order valence-corrected chi connectivity index (χ0v) is 59.8. The van der Waals surface area contributed by atoms with Crippen LogP contribution in [0.15, 0.2) is 71.5 Å². The van der Waals surface area contributed by atoms with Crippen molar-refractivity contribution in [1.29, 1.82) is 0 Å². The number of nitrogens with two attached hydrogens (primary N) is 1. The number of primary amides is 1. The van der Waals surface area contributed by atoms with Gasteiger partial charge >= 0.3 is 12.1 Å². The Morgan fingerprint density at radius 2 is 1.55 bits per heavy atom. The van der Waals surface area contributed by atoms with Gasteiger partial charge in [0.1, 0.15) is 18.9 Å². The predicted molar refractivity (Wildman–Crippen MR) is 368 cm³/mol. The molecule has 5 rings (SSSR count). The van der Waals surface area contributed by atoms with Crippen molar-refractivity contribution in [3.05, 3.63) is 84.1 Å². The molecular weight excluding hydrogens is 1260 g/mol. The maximum atomic E-state index is 14.8. The van der Waals surface area contributed by atoms with E-state index in [-0.39, 0.29) is 116 Å². The van der Waals surface area contributed by atoms with E-state index in [0.29, 0.717) is 81.6 Å². The van der Waals surface area contributed by atoms with Crippen LogP contribution >= 0.6 is 11.8 Å². The van der Waals surface area contributed by atoms with E-state index < -0.39 is 83.5 Å². The molecule has 3 aromatic rings. The first-order valence-electron chi connectivity index (χ1n) is 34.0. The molecule has 10 amide bonds. The van der Waals surface area contributed by atoms with E-state index >= 15 is 0 Å². The fraction of sp³-hybridized carbons (Fsp3) is 0.634. The fourth-order valence-electron chi connectivity index (χ4n) is 12.8. The average Bonchev–Trinajstić information content (AvgIpc) is 1.83. The number of hydrogen-bond donors (Lipinski definition) is 6. The van der Waals surface area contributed by atoms with Gasteiger partial charge in [0.05, 0.1) is 59.7 Å². The van der Waals surface area contributed by atoms with Crippen molar-refractivity contribution in [2.24, 2.45) is 41.2 Å². The lowest BCUT2D eigenvalue weighted by Gasteiger charge is -2.41. The number of nitrogens with zero attached hydrogens (tertiary/aromatic N) is 4. The second kappa shape index (κ2) is 39.0. The molecule has 26 heteroatoms. The van der Waals surface area contributed by atoms with Crippen LogP contribution in [0.5, 0.6) is 0 Å². The highest BCUT2D eigenvalue weighted by atomic mass is 32.2. The van der Waals surface area contributed by atoms with Crippen molar-refractivity contribution in [3.8, 4) is 0 Å². The summed E-state index contributed by atoms with van der Waals surface area (Å²) in [6.45, 7) is 16.8. The second-order valence-electron chi connectivity index (χ2n) is 26.9. The molecule has 1 unspecified atom stereocenters. The lowest BCUT2D eigenvalue weighted by Crippen LogP contribution is -2.55. The zero-order valence-electron chi connectivity index (χ0n) is 59.0. The Bertz CT molecular complexity index is 3100. The Hall–Kier alpha value is -7.71. The number of methoxy groups -OCH3 is 2. The van der Waals surface area contributed by atoms with Gasteiger partial charge in [0, 0.05) is 90.5 Å². The number of nitrogens with one attached hydrogen (secondary N) is 5. The van der Waals surface area contributed by atoms with Gasteiger partial charge in [-0.05, 0) is 99.6 Å². The van der Waals surface area contributed by atoms with Crippen molar-refractivity contribution in [3.63, 3.8) is 0 Å². The molecule has 0 spiro atoms. The number of alkyl carbamates (subject to hydrolysis) is 1. The number of benzene rings is 2. The van der Waals surface area contributed by atoms with Gasteiger partial charge in [-0.25, -0.2) is 14.6 Å². The van der Waals surface area contributed by atoms with Gasteiger partial charge in [0.25, 0.3) is 0 Å². The largest absolute Gasteiger partial charge is 0.447 e. The summed E-state index contributed by atoms with van der Waals surface area (Å²) < 4.78 is 23.4. The average molecular weight is 1370 g/mol. The van der Waals surface area contributed by atoms with E-state index in [0.717, 1.165) is 5.56 Å². The monoisotopic (exact) mass is 1370 g/mol. The number of rotatable bonds is 41. The van der Waals surface area contributed by atoms with E-state index in [1.54, 1.807) is 75.2 Å². The Kier molecular flexibility index (Phi) is 32.2. The number of carbonyl (C=O) groups is 11. The number of ketones is 2. The molecule has 0 saturated carbocycles. The normalized spacial score (nSPS) is 17.7. The molecule has 2 saturated heterocycles. The highest BCUT2D eigenvalue weighted by molar-refractivity contribution is 8.00. The fourth-order valence-corrected chi connectivity index (χ4v) is 13.4. The molecule has 0 bridgehead atoms. The van der Waals surface area contributed by atoms with Gasteiger partial charge < -0.3 is 60.7 Å². The number of unbranched alkanes of at least 4 members (excludes halogenated alkanes) is 2. The summed E-state index contributed by atoms with van der Waals surface area (Å²) in [6, 6.07) is 13.0. The number of urea groups is 1. The topological polar surface area (TPSA) is 337 Å². The van der Waals surface area contributed by atoms with Crippen LogP contribution in [0, 0.1) is 35.5 Å². The molecule has 7 N–H and O–H groups in total. The first-order chi connectivity index (χ1) is 46.0. The summed E-state index contributed by atoms with van der Waals surface area (Å²) >= 11 is 1.35. The van der Waals surface area contributed by atoms with Crippen LogP contribution in [0.1, 0.15) is 169 Å². The maximum Gasteiger partial charge on any atom is 0.408 e. The third kappa shape index (κ3) is 23.8. The van der Waals surface area contributed by atoms with Gasteiger partial charge in [-0.15, -0.1) is 0 Å². The number of hydrogen-bond acceptors (Lipinski definition) is 17. The number of imide groups is 1. The first-order valence-corrected chi connectivity index (χ1v) is 35.3. The number of thioether (sulfide) groups is 1. The summed E-state index contributed by atoms with van der Waals surface area (Å²) in [5.74, 6) is -5.52. The lowest BCUT2D eigenvalue weighted by molar-refractivity contribution is -0.149. The molecule has 11 atom stereocenters. The van der Waals surface area contributed by atoms with E-state index in [4.69, 9.17) is 24.4 Å². The van der Waals surface area contributed by atoms with Crippen molar-refractivity contribution < 1.29 is 71.4 Å². The van der Waals surface area contributed by atoms with Crippen molar-refractivity contribution in [2.75, 3.05) is 52.5 Å². The Labute approximate surface area is 576 Å². The highest BCUT2D eigenvalue weighted by Crippen LogP contribution is 2.33. The van der Waals surface area contributed by atoms with Gasteiger partial charge in [0.2, 0.25) is 47.2 Å². The molecule has 536 valence electrons. The molecule has 0 radical (unpaired) electrons. The van der Waals surface area contributed by atoms with Crippen LogP contribution < -0.4 is 32.3 Å². The first kappa shape index (κ1) is 80.0. The minimum Gasteiger partial charge on any atom is -0.447 e. The lowest BCUT2D eigenvalue weighted by atomic mass is 9.83. The summed E-state index contributed by atoms with van der Waals surface area (Å²) in [5.41, 5.74) is 5.69. The molecule has 2 aromatic carbocycles. The van der Waals surface area contributed by atoms with E-state index in [1.807, 2.05) is 58.0 Å². The van der Waals surface area contributed by atoms with Gasteiger partial charge in [-0.3, -0.25) is 48.1 Å². The van der Waals surface area contributed by atoms with E-state index in [2.05, 4.69) is 31.6 Å². The number of Topliss-reactive ketones (excluding diaryl/α,β-unsaturated/α-hetero) is 2. The molecule has 2 fully saturated rings. The number of carbonyl (C=O) groups excluding carboxylic acids is 11. The number of likely N-dealkylation sites (N-methyl/N-ethyl adjacent to an activating group) is 1. The smallest absolute Gasteiger partial charge is 0.408 e. The molecule has 2 aliphatic rings. The third-order valence-corrected chi connectivity index (χ3v) is 19.7. The SMILES string of the molecule is CC[C@H](C)[C@@H]([C@@H](CC(=O)N1CCC[C@H]1[C@H](OC)[C@@H](C)C(=O)N[C@@H](Cc1ccccc1)c1ncco1)OC)N(C)C(=O)[C@@H](CC(=O)C(C)(C)NC(=O)OCc1ccc(NC(=O)[C@H](CCCNC(N)=O)CC(=O)[C@@H](NC(=O)CCCCCN2C(=O)CC(SC)C2=O)C(C)C)cc1)C(C)C. The Balaban J connectivity index is 1.14. The molecule has 2 aliphatic heterocycles. The van der Waals surface area contributed by atoms with Crippen molar-refractivity contribution >= 4 is 82.5 Å². The zero-order chi connectivity index (χ0) is 71.7. The molecule has 97 heavy (non-hydrogen) atoms. The maximum absolute atomic E-state index is 14.8. The van der Waals surface area contributed by atoms with E-state index in [9.17, 15) is 52.7 Å². The van der Waals surface area contributed by atoms with Crippen LogP contribution in [0.4, 0.5) is 15.3 Å². The van der Waals surface area contributed by atoms with E-state index in [1.165, 1.54) is 50.1 Å². The Morgan fingerprint density at radius 3 is 2.14 bits per heavy atom. The number of aromatic nitrogens is 1. The van der Waals surface area contributed by atoms with Gasteiger partial charge in [-0.1, -0.05) is 104 Å². The number of anilines is 1. The minimum absolute atomic E-state index is 0.0696. The summed E-state index contributed by atoms with van der Waals surface area (Å²) in [4.78, 5) is 157. The molecule has 3 heterocycles. The summed E-state index contributed by atoms with van der Waals surface area (Å²) in [5, 5.41) is 13.6. The summed E-state index contributed by atoms with van der Waals surface area (Å²) in [7, 11) is 4.73. The van der Waals surface area contributed by atoms with Gasteiger partial charge in [0.15, 0.2) is 11.6 Å². The molecular formula is C71H106N10O15S. The summed E-state index contributed by atoms with van der Waals surface area (Å²) in [6.07, 6.45) is 6.83. The molecule has 1 aromatic heterocycles. The van der Waals surface area contributed by atoms with Crippen LogP contribution in [0.25, 0.3) is 0 Å². The molecule has 25 nitrogen and oxygen atoms in total. The number of likely N-dealkylation sites (tertiary alicyclic amines) is 2. The van der Waals surface area contributed by atoms with Crippen molar-refractivity contribution in [1.82, 2.24) is 41.0 Å². The quantitative estimate of drug-likeness (QED) is 0.0231. The standard InChI is InChI=1S/C71H106N10O15S/c1-14-45(6)62(55(93-11)40-59(85)80-35-22-26-53(80)63(94-12)46(7)64(87)76-52(66-73-33-36-95-66)37-47-23-17-15-18-24-47)79(10)67(89)51(43(2)3)39-57(83)71(8,9)78-70(92)96-42-48-28-30-50(31-29-48)75-65(88)49(25-21-32-74-69(72)91)38-54(82)61(44(4)5)77-58(84)27-19-16-20-34-81-60(86)41-56(97-13)68(81)90/h15,17-18,23-24,28-31,33,36,43-46,49,51-53,55-56,61-63H,14,16,19-22,25-27,32,34-35,37-42H2,1-13H3,(H,75,88)(H,76,87)(H,77,84)(H,78,92)(H3,72,74,91)/t45-,46+,49+,51-,52-,53-,55+,56?,61-,62-,63+/m0/s1. The number of amides is 10. The number of oxazole rings is 1. The third-order valence-electron chi connectivity index (χ3n) is 18.8. The van der Waals surface area contributed by atoms with Gasteiger partial charge in [-0.2, -0.15) is 11.8 Å². The minimum atomic E-state index is -1.48. The number of ether oxygens (including phenoxy) is 3. The second-order valence-corrected chi connectivity index (χ2v) is 28.0. The van der Waals surface area contributed by atoms with Crippen LogP contribution in [0.3, 0.4) is 0 Å². The van der Waals surface area contributed by atoms with Crippen LogP contribution in [-0.4, -0.2) is 173 Å². The Morgan fingerprint density at radius 1 is 0.845 bits per heavy atom.